The molecule has 0 bridgehead atoms. The Hall–Kier alpha value is 0.460. The molecule has 0 spiro atoms. The molecule has 6 rings (SSSR count). The van der Waals surface area contributed by atoms with Crippen molar-refractivity contribution in [3.63, 3.8) is 0 Å². The Labute approximate surface area is 239 Å². The van der Waals surface area contributed by atoms with Gasteiger partial charge in [-0.1, -0.05) is 20.3 Å². The predicted molar refractivity (Wildman–Crippen MR) is 157 cm³/mol. The molecule has 2 N–H and O–H groups in total. The van der Waals surface area contributed by atoms with Crippen LogP contribution in [0.5, 0.6) is 0 Å². The van der Waals surface area contributed by atoms with Crippen LogP contribution in [0, 0.1) is 23.7 Å². The van der Waals surface area contributed by atoms with Crippen LogP contribution in [-0.2, 0) is 18.9 Å². The highest BCUT2D eigenvalue weighted by Crippen LogP contribution is 2.50. The van der Waals surface area contributed by atoms with E-state index >= 15 is 0 Å². The van der Waals surface area contributed by atoms with E-state index in [0.29, 0.717) is 21.0 Å². The summed E-state index contributed by atoms with van der Waals surface area (Å²) >= 11 is 4.39. The predicted octanol–water partition coefficient (Wildman–Crippen LogP) is 4.35. The van der Waals surface area contributed by atoms with Crippen molar-refractivity contribution in [1.29, 1.82) is 0 Å². The lowest BCUT2D eigenvalue weighted by molar-refractivity contribution is -0.137. The van der Waals surface area contributed by atoms with E-state index in [9.17, 15) is 0 Å². The minimum atomic E-state index is 0.269. The molecule has 6 aliphatic rings. The molecule has 0 saturated carbocycles. The van der Waals surface area contributed by atoms with Crippen molar-refractivity contribution >= 4 is 23.5 Å². The topological polar surface area (TPSA) is 61.0 Å². The first-order chi connectivity index (χ1) is 18.7. The minimum Gasteiger partial charge on any atom is -0.372 e. The fourth-order valence-corrected chi connectivity index (χ4v) is 12.2. The molecule has 38 heavy (non-hydrogen) atoms. The first-order valence-corrected chi connectivity index (χ1v) is 17.8. The van der Waals surface area contributed by atoms with Crippen LogP contribution in [0.15, 0.2) is 0 Å². The van der Waals surface area contributed by atoms with Crippen molar-refractivity contribution in [2.45, 2.75) is 111 Å². The fraction of sp³-hybridized carbons (Fsp3) is 1.00. The van der Waals surface area contributed by atoms with Gasteiger partial charge in [0.15, 0.2) is 0 Å². The van der Waals surface area contributed by atoms with Gasteiger partial charge in [-0.15, -0.1) is 23.5 Å². The second kappa shape index (κ2) is 13.6. The molecule has 6 heterocycles. The van der Waals surface area contributed by atoms with Gasteiger partial charge in [-0.2, -0.15) is 0 Å². The second-order valence-electron chi connectivity index (χ2n) is 12.7. The average Bonchev–Trinajstić information content (AvgIpc) is 3.49. The maximum Gasteiger partial charge on any atom is 0.0967 e. The Morgan fingerprint density at radius 1 is 0.605 bits per heavy atom. The van der Waals surface area contributed by atoms with Crippen molar-refractivity contribution in [2.75, 3.05) is 52.6 Å². The van der Waals surface area contributed by atoms with E-state index in [1.807, 2.05) is 0 Å². The molecular weight excluding hydrogens is 516 g/mol. The van der Waals surface area contributed by atoms with E-state index in [4.69, 9.17) is 18.9 Å². The zero-order chi connectivity index (χ0) is 25.9. The molecule has 8 heteroatoms. The SMILES string of the molecule is CCC(CC1SC(CC(CC2SC(C)C3OCCOC23)C2CCNCC2)C2OCCOC12)C1CCNCC1. The van der Waals surface area contributed by atoms with Gasteiger partial charge in [0.05, 0.1) is 50.8 Å². The monoisotopic (exact) mass is 568 g/mol. The number of rotatable bonds is 9. The average molecular weight is 569 g/mol. The summed E-state index contributed by atoms with van der Waals surface area (Å²) < 4.78 is 25.6. The van der Waals surface area contributed by atoms with Crippen LogP contribution in [0.4, 0.5) is 0 Å². The van der Waals surface area contributed by atoms with E-state index < -0.39 is 0 Å². The summed E-state index contributed by atoms with van der Waals surface area (Å²) in [7, 11) is 0. The molecule has 0 aromatic rings. The number of hydrogen-bond donors (Lipinski definition) is 2. The zero-order valence-corrected chi connectivity index (χ0v) is 25.3. The van der Waals surface area contributed by atoms with Gasteiger partial charge in [0.2, 0.25) is 0 Å². The lowest BCUT2D eigenvalue weighted by Crippen LogP contribution is -2.45. The van der Waals surface area contributed by atoms with E-state index in [-0.39, 0.29) is 24.4 Å². The van der Waals surface area contributed by atoms with Crippen molar-refractivity contribution < 1.29 is 18.9 Å². The molecule has 10 unspecified atom stereocenters. The molecule has 6 aliphatic heterocycles. The Bertz CT molecular complexity index is 737. The summed E-state index contributed by atoms with van der Waals surface area (Å²) in [5.41, 5.74) is 0. The van der Waals surface area contributed by atoms with E-state index in [1.165, 1.54) is 77.5 Å². The van der Waals surface area contributed by atoms with E-state index in [0.717, 1.165) is 50.1 Å². The van der Waals surface area contributed by atoms with Crippen molar-refractivity contribution in [3.8, 4) is 0 Å². The molecule has 0 amide bonds. The quantitative estimate of drug-likeness (QED) is 0.426. The normalized spacial score (nSPS) is 42.5. The third kappa shape index (κ3) is 6.43. The minimum absolute atomic E-state index is 0.269. The summed E-state index contributed by atoms with van der Waals surface area (Å²) in [5.74, 6) is 3.21. The smallest absolute Gasteiger partial charge is 0.0967 e. The van der Waals surface area contributed by atoms with E-state index in [1.54, 1.807) is 0 Å². The summed E-state index contributed by atoms with van der Waals surface area (Å²) in [5, 5.41) is 9.41. The first kappa shape index (κ1) is 28.6. The molecule has 0 radical (unpaired) electrons. The summed E-state index contributed by atoms with van der Waals surface area (Å²) in [6.07, 6.45) is 11.5. The number of hydrogen-bond acceptors (Lipinski definition) is 8. The Morgan fingerprint density at radius 2 is 1.03 bits per heavy atom. The summed E-state index contributed by atoms with van der Waals surface area (Å²) in [6.45, 7) is 12.5. The lowest BCUT2D eigenvalue weighted by Gasteiger charge is -2.37. The third-order valence-electron chi connectivity index (χ3n) is 10.6. The van der Waals surface area contributed by atoms with Crippen molar-refractivity contribution in [1.82, 2.24) is 10.6 Å². The van der Waals surface area contributed by atoms with Crippen LogP contribution in [0.3, 0.4) is 0 Å². The zero-order valence-electron chi connectivity index (χ0n) is 23.7. The fourth-order valence-electron chi connectivity index (χ4n) is 8.55. The first-order valence-electron chi connectivity index (χ1n) is 15.9. The molecule has 6 saturated heterocycles. The highest BCUT2D eigenvalue weighted by Gasteiger charge is 2.51. The molecule has 0 aromatic carbocycles. The van der Waals surface area contributed by atoms with Gasteiger partial charge < -0.3 is 29.6 Å². The van der Waals surface area contributed by atoms with Crippen LogP contribution in [0.1, 0.15) is 65.2 Å². The van der Waals surface area contributed by atoms with Gasteiger partial charge in [-0.25, -0.2) is 0 Å². The number of fused-ring (bicyclic) bond motifs is 2. The molecule has 10 atom stereocenters. The molecule has 6 fully saturated rings. The Morgan fingerprint density at radius 3 is 1.55 bits per heavy atom. The van der Waals surface area contributed by atoms with Gasteiger partial charge in [0, 0.05) is 21.0 Å². The lowest BCUT2D eigenvalue weighted by atomic mass is 9.77. The van der Waals surface area contributed by atoms with Gasteiger partial charge in [0.1, 0.15) is 0 Å². The highest BCUT2D eigenvalue weighted by molar-refractivity contribution is 8.01. The van der Waals surface area contributed by atoms with Gasteiger partial charge in [-0.3, -0.25) is 0 Å². The maximum atomic E-state index is 6.55. The van der Waals surface area contributed by atoms with E-state index in [2.05, 4.69) is 48.0 Å². The number of piperidine rings is 2. The van der Waals surface area contributed by atoms with Crippen LogP contribution in [0.25, 0.3) is 0 Å². The molecule has 0 aromatic heterocycles. The summed E-state index contributed by atoms with van der Waals surface area (Å²) in [6, 6.07) is 0. The van der Waals surface area contributed by atoms with Gasteiger partial charge in [0.25, 0.3) is 0 Å². The number of thioether (sulfide) groups is 2. The number of ether oxygens (including phenoxy) is 4. The Balaban J connectivity index is 1.15. The second-order valence-corrected chi connectivity index (χ2v) is 15.8. The Kier molecular flexibility index (Phi) is 10.2. The van der Waals surface area contributed by atoms with Crippen molar-refractivity contribution in [2.24, 2.45) is 23.7 Å². The van der Waals surface area contributed by atoms with Crippen molar-refractivity contribution in [3.05, 3.63) is 0 Å². The standard InChI is InChI=1S/C30H52N2O4S2/c1-3-20(21-4-8-31-9-5-21)16-25-29-30(36-15-14-35-29)26(38-25)18-23(22-6-10-32-11-7-22)17-24-28-27(19(2)37-24)33-12-13-34-28/h19-32H,3-18H2,1-2H3. The van der Waals surface area contributed by atoms with Crippen LogP contribution in [-0.4, -0.2) is 98.0 Å². The van der Waals surface area contributed by atoms with Gasteiger partial charge >= 0.3 is 0 Å². The molecule has 0 aliphatic carbocycles. The number of nitrogens with one attached hydrogen (secondary N) is 2. The summed E-state index contributed by atoms with van der Waals surface area (Å²) in [4.78, 5) is 0. The van der Waals surface area contributed by atoms with Crippen LogP contribution < -0.4 is 10.6 Å². The maximum absolute atomic E-state index is 6.55. The van der Waals surface area contributed by atoms with Crippen LogP contribution >= 0.6 is 23.5 Å². The third-order valence-corrected chi connectivity index (χ3v) is 13.7. The van der Waals surface area contributed by atoms with Gasteiger partial charge in [-0.05, 0) is 94.8 Å². The largest absolute Gasteiger partial charge is 0.372 e. The highest BCUT2D eigenvalue weighted by atomic mass is 32.2. The molecule has 6 nitrogen and oxygen atoms in total. The van der Waals surface area contributed by atoms with Crippen LogP contribution in [0.2, 0.25) is 0 Å². The molecule has 218 valence electrons. The molecular formula is C30H52N2O4S2.